The van der Waals surface area contributed by atoms with E-state index in [1.54, 1.807) is 6.07 Å². The minimum absolute atomic E-state index is 0.278. The van der Waals surface area contributed by atoms with Crippen LogP contribution >= 0.6 is 0 Å². The van der Waals surface area contributed by atoms with Gasteiger partial charge in [0.05, 0.1) is 29.0 Å². The molecule has 0 bridgehead atoms. The van der Waals surface area contributed by atoms with Crippen molar-refractivity contribution >= 4 is 33.7 Å². The van der Waals surface area contributed by atoms with Crippen LogP contribution in [0.25, 0.3) is 38.6 Å². The number of aromatic nitrogens is 3. The number of hydrogen-bond donors (Lipinski definition) is 3. The van der Waals surface area contributed by atoms with Crippen LogP contribution in [0.1, 0.15) is 60.6 Å². The Balaban J connectivity index is 0.000000283. The molecule has 2 heterocycles. The quantitative estimate of drug-likeness (QED) is 0.225. The standard InChI is InChI=1S/C25H20N4O.C7H14.C2H5NO2/c1-15-12-19(10-11-20(15)25(26)30)29-23-9-5-7-21(24(23)16(2)28-29)18-13-17-6-3-4-8-22(17)27-14-18;1-7-5-3-2-4-6-7;3-1-2(4)5/h3-14H,1-2H3,(H2,26,30);7H,2-6H2,1H3;1,3H2,(H,4,5). The second-order valence-electron chi connectivity index (χ2n) is 10.8. The Morgan fingerprint density at radius 1 is 0.976 bits per heavy atom. The number of pyridine rings is 1. The first-order valence-electron chi connectivity index (χ1n) is 14.4. The number of carbonyl (C=O) groups is 2. The molecule has 0 saturated heterocycles. The van der Waals surface area contributed by atoms with Gasteiger partial charge in [0.15, 0.2) is 0 Å². The van der Waals surface area contributed by atoms with Gasteiger partial charge in [-0.05, 0) is 67.3 Å². The topological polar surface area (TPSA) is 137 Å². The summed E-state index contributed by atoms with van der Waals surface area (Å²) in [5.41, 5.74) is 17.3. The summed E-state index contributed by atoms with van der Waals surface area (Å²) in [4.78, 5) is 25.4. The Labute approximate surface area is 246 Å². The summed E-state index contributed by atoms with van der Waals surface area (Å²) >= 11 is 0. The van der Waals surface area contributed by atoms with E-state index in [0.29, 0.717) is 5.56 Å². The lowest BCUT2D eigenvalue weighted by Gasteiger charge is -2.15. The van der Waals surface area contributed by atoms with Crippen LogP contribution in [0.5, 0.6) is 0 Å². The predicted octanol–water partition coefficient (Wildman–Crippen LogP) is 6.57. The molecule has 0 spiro atoms. The Morgan fingerprint density at radius 2 is 1.69 bits per heavy atom. The zero-order valence-corrected chi connectivity index (χ0v) is 24.5. The lowest BCUT2D eigenvalue weighted by atomic mass is 9.91. The number of aryl methyl sites for hydroxylation is 2. The van der Waals surface area contributed by atoms with Crippen molar-refractivity contribution in [3.8, 4) is 16.8 Å². The highest BCUT2D eigenvalue weighted by Crippen LogP contribution is 2.33. The second kappa shape index (κ2) is 13.9. The molecule has 42 heavy (non-hydrogen) atoms. The van der Waals surface area contributed by atoms with Gasteiger partial charge in [0.1, 0.15) is 0 Å². The largest absolute Gasteiger partial charge is 0.480 e. The number of amides is 1. The third-order valence-corrected chi connectivity index (χ3v) is 7.57. The third-order valence-electron chi connectivity index (χ3n) is 7.57. The molecule has 1 fully saturated rings. The lowest BCUT2D eigenvalue weighted by molar-refractivity contribution is -0.135. The third kappa shape index (κ3) is 7.19. The number of carboxylic acids is 1. The number of para-hydroxylation sites is 1. The smallest absolute Gasteiger partial charge is 0.317 e. The molecule has 0 atom stereocenters. The second-order valence-corrected chi connectivity index (χ2v) is 10.8. The van der Waals surface area contributed by atoms with E-state index in [9.17, 15) is 9.59 Å². The van der Waals surface area contributed by atoms with Crippen LogP contribution in [-0.4, -0.2) is 38.3 Å². The molecule has 6 rings (SSSR count). The lowest BCUT2D eigenvalue weighted by Crippen LogP contribution is -2.13. The van der Waals surface area contributed by atoms with Crippen LogP contribution in [0.4, 0.5) is 0 Å². The van der Waals surface area contributed by atoms with Crippen LogP contribution < -0.4 is 11.5 Å². The van der Waals surface area contributed by atoms with Crippen molar-refractivity contribution in [1.82, 2.24) is 14.8 Å². The van der Waals surface area contributed by atoms with E-state index in [-0.39, 0.29) is 6.54 Å². The van der Waals surface area contributed by atoms with E-state index in [0.717, 1.165) is 55.8 Å². The molecule has 218 valence electrons. The number of primary amides is 1. The van der Waals surface area contributed by atoms with Gasteiger partial charge >= 0.3 is 5.97 Å². The van der Waals surface area contributed by atoms with Gasteiger partial charge in [-0.25, -0.2) is 4.68 Å². The number of carboxylic acid groups (broad SMARTS) is 1. The number of nitrogens with zero attached hydrogens (tertiary/aromatic N) is 3. The highest BCUT2D eigenvalue weighted by molar-refractivity contribution is 5.99. The molecule has 8 heteroatoms. The Bertz CT molecular complexity index is 1700. The van der Waals surface area contributed by atoms with Crippen LogP contribution in [0.15, 0.2) is 72.9 Å². The first-order valence-corrected chi connectivity index (χ1v) is 14.4. The molecule has 1 saturated carbocycles. The highest BCUT2D eigenvalue weighted by atomic mass is 16.4. The van der Waals surface area contributed by atoms with Gasteiger partial charge in [-0.1, -0.05) is 69.4 Å². The van der Waals surface area contributed by atoms with Crippen LogP contribution in [-0.2, 0) is 4.79 Å². The fraction of sp³-hybridized carbons (Fsp3) is 0.294. The SMILES string of the molecule is CC1CCCCC1.Cc1cc(-n2nc(C)c3c(-c4cnc5ccccc5c4)cccc32)ccc1C(N)=O.NCC(=O)O. The van der Waals surface area contributed by atoms with E-state index in [1.807, 2.05) is 61.1 Å². The van der Waals surface area contributed by atoms with E-state index in [4.69, 9.17) is 15.9 Å². The maximum Gasteiger partial charge on any atom is 0.317 e. The Kier molecular flexibility index (Phi) is 10.0. The Morgan fingerprint density at radius 3 is 2.31 bits per heavy atom. The van der Waals surface area contributed by atoms with Crippen LogP contribution in [0, 0.1) is 19.8 Å². The van der Waals surface area contributed by atoms with Gasteiger partial charge in [-0.15, -0.1) is 0 Å². The van der Waals surface area contributed by atoms with Gasteiger partial charge < -0.3 is 16.6 Å². The molecule has 0 aliphatic heterocycles. The highest BCUT2D eigenvalue weighted by Gasteiger charge is 2.15. The van der Waals surface area contributed by atoms with Crippen LogP contribution in [0.2, 0.25) is 0 Å². The van der Waals surface area contributed by atoms with E-state index in [2.05, 4.69) is 41.9 Å². The molecular weight excluding hydrogens is 526 g/mol. The number of benzene rings is 3. The number of aliphatic carboxylic acids is 1. The van der Waals surface area contributed by atoms with Crippen LogP contribution in [0.3, 0.4) is 0 Å². The van der Waals surface area contributed by atoms with Crippen molar-refractivity contribution in [3.63, 3.8) is 0 Å². The molecule has 0 unspecified atom stereocenters. The van der Waals surface area contributed by atoms with Crippen molar-refractivity contribution in [3.05, 3.63) is 89.7 Å². The maximum absolute atomic E-state index is 11.6. The van der Waals surface area contributed by atoms with Crippen molar-refractivity contribution in [2.75, 3.05) is 6.54 Å². The molecule has 1 aliphatic rings. The summed E-state index contributed by atoms with van der Waals surface area (Å²) < 4.78 is 1.92. The molecule has 8 nitrogen and oxygen atoms in total. The average molecular weight is 566 g/mol. The number of hydrogen-bond acceptors (Lipinski definition) is 5. The van der Waals surface area contributed by atoms with Crippen molar-refractivity contribution in [2.45, 2.75) is 52.9 Å². The Hall–Kier alpha value is -4.56. The van der Waals surface area contributed by atoms with Gasteiger partial charge in [-0.2, -0.15) is 5.10 Å². The zero-order chi connectivity index (χ0) is 30.2. The summed E-state index contributed by atoms with van der Waals surface area (Å²) in [5, 5.41) is 14.6. The molecule has 3 aromatic carbocycles. The van der Waals surface area contributed by atoms with Gasteiger partial charge in [-0.3, -0.25) is 14.6 Å². The molecule has 1 aliphatic carbocycles. The van der Waals surface area contributed by atoms with Gasteiger partial charge in [0.25, 0.3) is 0 Å². The van der Waals surface area contributed by atoms with E-state index < -0.39 is 11.9 Å². The summed E-state index contributed by atoms with van der Waals surface area (Å²) in [7, 11) is 0. The van der Waals surface area contributed by atoms with Gasteiger partial charge in [0, 0.05) is 28.1 Å². The fourth-order valence-electron chi connectivity index (χ4n) is 5.37. The average Bonchev–Trinajstić information content (AvgIpc) is 3.34. The van der Waals surface area contributed by atoms with E-state index in [1.165, 1.54) is 32.1 Å². The summed E-state index contributed by atoms with van der Waals surface area (Å²) in [5.74, 6) is -0.356. The summed E-state index contributed by atoms with van der Waals surface area (Å²) in [6.45, 7) is 5.98. The van der Waals surface area contributed by atoms with Crippen molar-refractivity contribution in [2.24, 2.45) is 17.4 Å². The molecule has 5 aromatic rings. The molecule has 2 aromatic heterocycles. The molecular formula is C34H39N5O3. The van der Waals surface area contributed by atoms with E-state index >= 15 is 0 Å². The predicted molar refractivity (Wildman–Crippen MR) is 169 cm³/mol. The first-order chi connectivity index (χ1) is 20.2. The van der Waals surface area contributed by atoms with Crippen molar-refractivity contribution < 1.29 is 14.7 Å². The maximum atomic E-state index is 11.6. The fourth-order valence-corrected chi connectivity index (χ4v) is 5.37. The summed E-state index contributed by atoms with van der Waals surface area (Å²) in [6, 6.07) is 22.1. The number of fused-ring (bicyclic) bond motifs is 2. The number of nitrogens with two attached hydrogens (primary N) is 2. The van der Waals surface area contributed by atoms with Gasteiger partial charge in [0.2, 0.25) is 5.91 Å². The number of rotatable bonds is 4. The minimum atomic E-state index is -0.968. The molecule has 0 radical (unpaired) electrons. The first kappa shape index (κ1) is 30.4. The normalized spacial score (nSPS) is 13.1. The number of carbonyl (C=O) groups excluding carboxylic acids is 1. The molecule has 5 N–H and O–H groups in total. The minimum Gasteiger partial charge on any atom is -0.480 e. The summed E-state index contributed by atoms with van der Waals surface area (Å²) in [6.07, 6.45) is 9.35. The monoisotopic (exact) mass is 565 g/mol. The zero-order valence-electron chi connectivity index (χ0n) is 24.5. The van der Waals surface area contributed by atoms with Crippen molar-refractivity contribution in [1.29, 1.82) is 0 Å². The molecule has 1 amide bonds.